The first kappa shape index (κ1) is 24.6. The molecule has 2 fully saturated rings. The maximum atomic E-state index is 12.6. The number of ether oxygens (including phenoxy) is 1. The number of carbonyl (C=O) groups excluding carboxylic acids is 2. The van der Waals surface area contributed by atoms with Gasteiger partial charge in [-0.15, -0.1) is 11.3 Å². The summed E-state index contributed by atoms with van der Waals surface area (Å²) in [6.45, 7) is 8.77. The Kier molecular flexibility index (Phi) is 8.53. The second kappa shape index (κ2) is 11.8. The maximum absolute atomic E-state index is 12.6. The van der Waals surface area contributed by atoms with Gasteiger partial charge < -0.3 is 19.9 Å². The largest absolute Gasteiger partial charge is 0.450 e. The molecular weight excluding hydrogens is 450 g/mol. The van der Waals surface area contributed by atoms with E-state index in [0.29, 0.717) is 19.7 Å². The van der Waals surface area contributed by atoms with Crippen molar-refractivity contribution in [1.29, 1.82) is 0 Å². The van der Waals surface area contributed by atoms with Crippen LogP contribution >= 0.6 is 11.3 Å². The Bertz CT molecular complexity index is 965. The highest BCUT2D eigenvalue weighted by Gasteiger charge is 2.24. The van der Waals surface area contributed by atoms with Gasteiger partial charge in [-0.2, -0.15) is 0 Å². The highest BCUT2D eigenvalue weighted by molar-refractivity contribution is 7.13. The summed E-state index contributed by atoms with van der Waals surface area (Å²) in [4.78, 5) is 35.7. The predicted octanol–water partition coefficient (Wildman–Crippen LogP) is 2.84. The smallest absolute Gasteiger partial charge is 0.409 e. The SMILES string of the molecule is CCOC(=O)N1CCC(NC(=O)Cc2csc(-c3cccc(CN4CCN(C)CC4)c3)n2)CC1. The summed E-state index contributed by atoms with van der Waals surface area (Å²) >= 11 is 1.58. The summed E-state index contributed by atoms with van der Waals surface area (Å²) in [7, 11) is 2.17. The minimum atomic E-state index is -0.269. The van der Waals surface area contributed by atoms with E-state index < -0.39 is 0 Å². The molecule has 0 aliphatic carbocycles. The number of hydrogen-bond acceptors (Lipinski definition) is 7. The average Bonchev–Trinajstić information content (AvgIpc) is 3.30. The number of nitrogens with one attached hydrogen (secondary N) is 1. The van der Waals surface area contributed by atoms with E-state index in [1.807, 2.05) is 5.38 Å². The number of amides is 2. The molecule has 34 heavy (non-hydrogen) atoms. The summed E-state index contributed by atoms with van der Waals surface area (Å²) in [5.74, 6) is -0.0183. The minimum Gasteiger partial charge on any atom is -0.450 e. The molecule has 0 atom stereocenters. The summed E-state index contributed by atoms with van der Waals surface area (Å²) in [6, 6.07) is 8.67. The van der Waals surface area contributed by atoms with Crippen LogP contribution in [0.4, 0.5) is 4.79 Å². The summed E-state index contributed by atoms with van der Waals surface area (Å²) < 4.78 is 5.05. The van der Waals surface area contributed by atoms with E-state index in [2.05, 4.69) is 46.4 Å². The van der Waals surface area contributed by atoms with Crippen LogP contribution in [0.3, 0.4) is 0 Å². The standard InChI is InChI=1S/C25H35N5O3S/c1-3-33-25(32)30-9-7-21(8-10-30)26-23(31)16-22-18-34-24(27-22)20-6-4-5-19(15-20)17-29-13-11-28(2)12-14-29/h4-6,15,18,21H,3,7-14,16-17H2,1-2H3,(H,26,31). The number of thiazole rings is 1. The molecule has 0 saturated carbocycles. The molecule has 3 heterocycles. The van der Waals surface area contributed by atoms with Gasteiger partial charge in [0.05, 0.1) is 18.7 Å². The fourth-order valence-corrected chi connectivity index (χ4v) is 5.27. The van der Waals surface area contributed by atoms with Gasteiger partial charge in [0.15, 0.2) is 0 Å². The van der Waals surface area contributed by atoms with Crippen molar-refractivity contribution >= 4 is 23.3 Å². The molecule has 2 aliphatic rings. The van der Waals surface area contributed by atoms with Crippen molar-refractivity contribution in [3.63, 3.8) is 0 Å². The first-order valence-electron chi connectivity index (χ1n) is 12.2. The normalized spacial score (nSPS) is 18.1. The Labute approximate surface area is 205 Å². The molecule has 2 amide bonds. The number of likely N-dealkylation sites (N-methyl/N-ethyl adjacent to an activating group) is 1. The Morgan fingerprint density at radius 2 is 1.91 bits per heavy atom. The van der Waals surface area contributed by atoms with E-state index in [1.54, 1.807) is 23.2 Å². The van der Waals surface area contributed by atoms with E-state index in [-0.39, 0.29) is 24.5 Å². The Morgan fingerprint density at radius 1 is 1.15 bits per heavy atom. The molecule has 184 valence electrons. The third-order valence-electron chi connectivity index (χ3n) is 6.46. The summed E-state index contributed by atoms with van der Waals surface area (Å²) in [5, 5.41) is 6.03. The van der Waals surface area contributed by atoms with Gasteiger partial charge in [0.25, 0.3) is 0 Å². The van der Waals surface area contributed by atoms with Crippen LogP contribution in [0.15, 0.2) is 29.6 Å². The van der Waals surface area contributed by atoms with Crippen molar-refractivity contribution in [2.24, 2.45) is 0 Å². The van der Waals surface area contributed by atoms with Crippen molar-refractivity contribution < 1.29 is 14.3 Å². The molecule has 8 nitrogen and oxygen atoms in total. The van der Waals surface area contributed by atoms with Crippen molar-refractivity contribution in [2.45, 2.75) is 38.8 Å². The molecule has 2 aromatic rings. The van der Waals surface area contributed by atoms with Gasteiger partial charge in [-0.1, -0.05) is 18.2 Å². The van der Waals surface area contributed by atoms with Gasteiger partial charge in [0.1, 0.15) is 5.01 Å². The van der Waals surface area contributed by atoms with Gasteiger partial charge in [0.2, 0.25) is 5.91 Å². The highest BCUT2D eigenvalue weighted by Crippen LogP contribution is 2.25. The number of carbonyl (C=O) groups is 2. The number of benzene rings is 1. The van der Waals surface area contributed by atoms with E-state index >= 15 is 0 Å². The van der Waals surface area contributed by atoms with Crippen LogP contribution in [0.1, 0.15) is 31.0 Å². The zero-order chi connectivity index (χ0) is 23.9. The molecule has 9 heteroatoms. The Balaban J connectivity index is 1.26. The molecule has 1 aromatic carbocycles. The zero-order valence-corrected chi connectivity index (χ0v) is 21.0. The number of nitrogens with zero attached hydrogens (tertiary/aromatic N) is 4. The predicted molar refractivity (Wildman–Crippen MR) is 134 cm³/mol. The molecule has 0 spiro atoms. The molecule has 4 rings (SSSR count). The molecule has 1 aromatic heterocycles. The highest BCUT2D eigenvalue weighted by atomic mass is 32.1. The lowest BCUT2D eigenvalue weighted by atomic mass is 10.1. The summed E-state index contributed by atoms with van der Waals surface area (Å²) in [6.07, 6.45) is 1.49. The lowest BCUT2D eigenvalue weighted by molar-refractivity contribution is -0.121. The van der Waals surface area contributed by atoms with Gasteiger partial charge in [-0.3, -0.25) is 9.69 Å². The lowest BCUT2D eigenvalue weighted by Gasteiger charge is -2.32. The number of likely N-dealkylation sites (tertiary alicyclic amines) is 1. The summed E-state index contributed by atoms with van der Waals surface area (Å²) in [5.41, 5.74) is 3.20. The van der Waals surface area contributed by atoms with Crippen LogP contribution in [0.5, 0.6) is 0 Å². The van der Waals surface area contributed by atoms with Crippen molar-refractivity contribution in [3.8, 4) is 10.6 Å². The monoisotopic (exact) mass is 485 g/mol. The van der Waals surface area contributed by atoms with Crippen LogP contribution < -0.4 is 5.32 Å². The van der Waals surface area contributed by atoms with Crippen LogP contribution in [0.2, 0.25) is 0 Å². The van der Waals surface area contributed by atoms with Crippen LogP contribution in [0.25, 0.3) is 10.6 Å². The second-order valence-corrected chi connectivity index (χ2v) is 9.99. The zero-order valence-electron chi connectivity index (χ0n) is 20.2. The Hall–Kier alpha value is -2.49. The minimum absolute atomic E-state index is 0.0183. The first-order chi connectivity index (χ1) is 16.5. The fraction of sp³-hybridized carbons (Fsp3) is 0.560. The molecular formula is C25H35N5O3S. The fourth-order valence-electron chi connectivity index (χ4n) is 4.45. The lowest BCUT2D eigenvalue weighted by Crippen LogP contribution is -2.47. The molecule has 2 aliphatic heterocycles. The number of rotatable bonds is 7. The van der Waals surface area contributed by atoms with Crippen LogP contribution in [-0.4, -0.2) is 90.6 Å². The number of aromatic nitrogens is 1. The second-order valence-electron chi connectivity index (χ2n) is 9.13. The number of piperidine rings is 1. The van der Waals surface area contributed by atoms with Crippen LogP contribution in [0, 0.1) is 0 Å². The van der Waals surface area contributed by atoms with Gasteiger partial charge in [-0.05, 0) is 38.4 Å². The van der Waals surface area contributed by atoms with E-state index in [1.165, 1.54) is 5.56 Å². The van der Waals surface area contributed by atoms with Gasteiger partial charge >= 0.3 is 6.09 Å². The van der Waals surface area contributed by atoms with E-state index in [9.17, 15) is 9.59 Å². The molecule has 0 unspecified atom stereocenters. The molecule has 2 saturated heterocycles. The van der Waals surface area contributed by atoms with Crippen molar-refractivity contribution in [3.05, 3.63) is 40.9 Å². The molecule has 1 N–H and O–H groups in total. The quantitative estimate of drug-likeness (QED) is 0.650. The van der Waals surface area contributed by atoms with Crippen molar-refractivity contribution in [1.82, 2.24) is 25.0 Å². The maximum Gasteiger partial charge on any atom is 0.409 e. The van der Waals surface area contributed by atoms with Crippen molar-refractivity contribution in [2.75, 3.05) is 52.9 Å². The van der Waals surface area contributed by atoms with E-state index in [0.717, 1.165) is 61.8 Å². The molecule has 0 radical (unpaired) electrons. The topological polar surface area (TPSA) is 78.0 Å². The van der Waals surface area contributed by atoms with Crippen LogP contribution in [-0.2, 0) is 22.5 Å². The van der Waals surface area contributed by atoms with Gasteiger partial charge in [-0.25, -0.2) is 9.78 Å². The first-order valence-corrected chi connectivity index (χ1v) is 13.0. The van der Waals surface area contributed by atoms with E-state index in [4.69, 9.17) is 9.72 Å². The average molecular weight is 486 g/mol. The Morgan fingerprint density at radius 3 is 2.65 bits per heavy atom. The number of hydrogen-bond donors (Lipinski definition) is 1. The third kappa shape index (κ3) is 6.77. The third-order valence-corrected chi connectivity index (χ3v) is 7.40. The number of piperazine rings is 1. The molecule has 0 bridgehead atoms. The van der Waals surface area contributed by atoms with Gasteiger partial charge in [0, 0.05) is 62.8 Å².